The third-order valence-electron chi connectivity index (χ3n) is 2.67. The minimum atomic E-state index is -4.44. The van der Waals surface area contributed by atoms with Gasteiger partial charge in [-0.3, -0.25) is 13.9 Å². The summed E-state index contributed by atoms with van der Waals surface area (Å²) in [6, 6.07) is 12.2. The molecule has 0 fully saturated rings. The summed E-state index contributed by atoms with van der Waals surface area (Å²) in [7, 11) is -8.80. The fourth-order valence-electron chi connectivity index (χ4n) is 1.50. The lowest BCUT2D eigenvalue weighted by atomic mass is 10.2. The number of nitrogens with one attached hydrogen (secondary N) is 2. The Morgan fingerprint density at radius 2 is 1.56 bits per heavy atom. The predicted octanol–water partition coefficient (Wildman–Crippen LogP) is 1.46. The topological polar surface area (TPSA) is 150 Å². The summed E-state index contributed by atoms with van der Waals surface area (Å²) in [5.41, 5.74) is 3.99. The number of aldehydes is 1. The smallest absolute Gasteiger partial charge is 0.306 e. The van der Waals surface area contributed by atoms with Gasteiger partial charge in [-0.1, -0.05) is 35.9 Å². The highest BCUT2D eigenvalue weighted by atomic mass is 32.2. The first-order chi connectivity index (χ1) is 11.5. The second kappa shape index (κ2) is 8.69. The lowest BCUT2D eigenvalue weighted by Crippen LogP contribution is -2.28. The van der Waals surface area contributed by atoms with Gasteiger partial charge in [0, 0.05) is 5.56 Å². The summed E-state index contributed by atoms with van der Waals surface area (Å²) in [5, 5.41) is 0. The average molecular weight is 388 g/mol. The molecule has 0 unspecified atom stereocenters. The molecular formula is C14H16N2O7S2. The number of anilines is 1. The molecule has 0 saturated heterocycles. The van der Waals surface area contributed by atoms with E-state index in [9.17, 15) is 21.6 Å². The van der Waals surface area contributed by atoms with Crippen molar-refractivity contribution >= 4 is 32.4 Å². The van der Waals surface area contributed by atoms with Gasteiger partial charge in [-0.05, 0) is 25.1 Å². The Balaban J connectivity index is 0.000000293. The van der Waals surface area contributed by atoms with E-state index in [-0.39, 0.29) is 5.69 Å². The van der Waals surface area contributed by atoms with E-state index in [4.69, 9.17) is 9.11 Å². The van der Waals surface area contributed by atoms with E-state index in [2.05, 4.69) is 0 Å². The van der Waals surface area contributed by atoms with E-state index in [1.807, 2.05) is 36.6 Å². The molecule has 25 heavy (non-hydrogen) atoms. The number of hydrogen-bond donors (Lipinski definition) is 4. The minimum absolute atomic E-state index is 0.0350. The zero-order valence-corrected chi connectivity index (χ0v) is 14.6. The zero-order valence-electron chi connectivity index (χ0n) is 12.9. The van der Waals surface area contributed by atoms with Crippen LogP contribution in [0.3, 0.4) is 0 Å². The Hall–Kier alpha value is -2.31. The van der Waals surface area contributed by atoms with Gasteiger partial charge in [0.05, 0.1) is 10.6 Å². The molecule has 0 amide bonds. The number of hydrazine groups is 1. The summed E-state index contributed by atoms with van der Waals surface area (Å²) in [5.74, 6) is 0. The number of carbonyl (C=O) groups excluding carboxylic acids is 1. The summed E-state index contributed by atoms with van der Waals surface area (Å²) >= 11 is 0. The van der Waals surface area contributed by atoms with Crippen LogP contribution in [-0.4, -0.2) is 32.2 Å². The van der Waals surface area contributed by atoms with Crippen molar-refractivity contribution in [3.05, 3.63) is 59.7 Å². The van der Waals surface area contributed by atoms with Crippen LogP contribution >= 0.6 is 0 Å². The molecule has 11 heteroatoms. The maximum atomic E-state index is 10.7. The van der Waals surface area contributed by atoms with E-state index >= 15 is 0 Å². The zero-order chi connectivity index (χ0) is 19.1. The Bertz CT molecular complexity index is 924. The predicted molar refractivity (Wildman–Crippen MR) is 91.1 cm³/mol. The minimum Gasteiger partial charge on any atom is -0.306 e. The van der Waals surface area contributed by atoms with E-state index < -0.39 is 25.3 Å². The monoisotopic (exact) mass is 388 g/mol. The summed E-state index contributed by atoms with van der Waals surface area (Å²) in [4.78, 5) is 11.2. The van der Waals surface area contributed by atoms with Gasteiger partial charge in [-0.2, -0.15) is 16.8 Å². The molecule has 0 atom stereocenters. The molecule has 0 aliphatic rings. The third kappa shape index (κ3) is 8.37. The highest BCUT2D eigenvalue weighted by molar-refractivity contribution is 7.85. The van der Waals surface area contributed by atoms with Crippen molar-refractivity contribution in [2.45, 2.75) is 11.8 Å². The van der Waals surface area contributed by atoms with E-state index in [0.29, 0.717) is 0 Å². The fourth-order valence-corrected chi connectivity index (χ4v) is 2.28. The first-order valence-corrected chi connectivity index (χ1v) is 9.49. The number of rotatable bonds is 5. The van der Waals surface area contributed by atoms with Crippen molar-refractivity contribution in [1.29, 1.82) is 0 Å². The summed E-state index contributed by atoms with van der Waals surface area (Å²) in [6.07, 6.45) is 0.847. The van der Waals surface area contributed by atoms with Gasteiger partial charge < -0.3 is 5.43 Å². The molecule has 0 bridgehead atoms. The van der Waals surface area contributed by atoms with Crippen LogP contribution < -0.4 is 10.3 Å². The number of carbonyl (C=O) groups is 1. The second-order valence-electron chi connectivity index (χ2n) is 4.73. The molecule has 0 heterocycles. The van der Waals surface area contributed by atoms with Crippen molar-refractivity contribution in [1.82, 2.24) is 4.83 Å². The van der Waals surface area contributed by atoms with Crippen LogP contribution in [0.15, 0.2) is 53.4 Å². The van der Waals surface area contributed by atoms with Crippen molar-refractivity contribution < 1.29 is 30.7 Å². The van der Waals surface area contributed by atoms with Gasteiger partial charge in [0.15, 0.2) is 0 Å². The van der Waals surface area contributed by atoms with Crippen LogP contribution in [0.5, 0.6) is 0 Å². The maximum absolute atomic E-state index is 10.7. The molecule has 0 aliphatic carbocycles. The second-order valence-corrected chi connectivity index (χ2v) is 7.31. The molecule has 0 aromatic heterocycles. The van der Waals surface area contributed by atoms with Crippen LogP contribution in [0, 0.1) is 6.92 Å². The Morgan fingerprint density at radius 1 is 0.960 bits per heavy atom. The van der Waals surface area contributed by atoms with Crippen molar-refractivity contribution in [3.8, 4) is 0 Å². The molecular weight excluding hydrogens is 372 g/mol. The van der Waals surface area contributed by atoms with Crippen LogP contribution in [0.1, 0.15) is 15.9 Å². The molecule has 4 N–H and O–H groups in total. The van der Waals surface area contributed by atoms with Gasteiger partial charge in [0.2, 0.25) is 0 Å². The van der Waals surface area contributed by atoms with Gasteiger partial charge in [-0.25, -0.2) is 0 Å². The first-order valence-electron chi connectivity index (χ1n) is 6.61. The van der Waals surface area contributed by atoms with Crippen molar-refractivity contribution in [3.63, 3.8) is 0 Å². The molecule has 0 saturated carbocycles. The molecule has 0 aliphatic heterocycles. The van der Waals surface area contributed by atoms with E-state index in [1.54, 1.807) is 0 Å². The quantitative estimate of drug-likeness (QED) is 0.341. The van der Waals surface area contributed by atoms with Gasteiger partial charge in [0.1, 0.15) is 6.29 Å². The summed E-state index contributed by atoms with van der Waals surface area (Å²) in [6.45, 7) is 1.99. The summed E-state index contributed by atoms with van der Waals surface area (Å²) < 4.78 is 59.1. The molecule has 0 spiro atoms. The lowest BCUT2D eigenvalue weighted by molar-refractivity contribution is 0.112. The van der Waals surface area contributed by atoms with Crippen molar-refractivity contribution in [2.75, 3.05) is 5.43 Å². The van der Waals surface area contributed by atoms with Gasteiger partial charge in [-0.15, -0.1) is 4.83 Å². The first kappa shape index (κ1) is 20.7. The fraction of sp³-hybridized carbons (Fsp3) is 0.0714. The highest BCUT2D eigenvalue weighted by Crippen LogP contribution is 2.14. The van der Waals surface area contributed by atoms with Crippen LogP contribution in [0.25, 0.3) is 0 Å². The molecule has 136 valence electrons. The highest BCUT2D eigenvalue weighted by Gasteiger charge is 2.10. The SMILES string of the molecule is Cc1ccc(C=O)cc1.O=S(=O)(O)NNc1cccc(S(=O)(=O)O)c1. The Kier molecular flexibility index (Phi) is 7.21. The molecule has 9 nitrogen and oxygen atoms in total. The van der Waals surface area contributed by atoms with Crippen LogP contribution in [0.2, 0.25) is 0 Å². The van der Waals surface area contributed by atoms with Crippen LogP contribution in [-0.2, 0) is 20.4 Å². The van der Waals surface area contributed by atoms with E-state index in [1.165, 1.54) is 22.5 Å². The Morgan fingerprint density at radius 3 is 2.04 bits per heavy atom. The number of aryl methyl sites for hydroxylation is 1. The average Bonchev–Trinajstić information content (AvgIpc) is 2.53. The molecule has 2 rings (SSSR count). The standard InChI is InChI=1S/C8H8O.C6H8N2O6S2/c1-7-2-4-8(6-9)5-3-7;9-15(10,11)6-3-1-2-5(4-6)7-8-16(12,13)14/h2-6H,1H3;1-4,7-8H,(H,9,10,11)(H,12,13,14). The normalized spacial score (nSPS) is 11.2. The lowest BCUT2D eigenvalue weighted by Gasteiger charge is -2.06. The molecule has 2 aromatic carbocycles. The molecule has 2 aromatic rings. The van der Waals surface area contributed by atoms with E-state index in [0.717, 1.165) is 24.0 Å². The third-order valence-corrected chi connectivity index (χ3v) is 3.88. The van der Waals surface area contributed by atoms with Crippen molar-refractivity contribution in [2.24, 2.45) is 0 Å². The Labute approximate surface area is 145 Å². The maximum Gasteiger partial charge on any atom is 0.350 e. The number of benzene rings is 2. The largest absolute Gasteiger partial charge is 0.350 e. The molecule has 0 radical (unpaired) electrons. The van der Waals surface area contributed by atoms with Gasteiger partial charge >= 0.3 is 10.3 Å². The number of hydrogen-bond acceptors (Lipinski definition) is 6. The van der Waals surface area contributed by atoms with Crippen LogP contribution in [0.4, 0.5) is 5.69 Å². The van der Waals surface area contributed by atoms with Gasteiger partial charge in [0.25, 0.3) is 10.1 Å².